The van der Waals surface area contributed by atoms with Crippen molar-refractivity contribution in [2.45, 2.75) is 32.6 Å². The Balaban J connectivity index is 2.74. The van der Waals surface area contributed by atoms with Crippen molar-refractivity contribution < 1.29 is 19.8 Å². The molecule has 4 nitrogen and oxygen atoms in total. The molecule has 0 bridgehead atoms. The molecular formula is C18H22O4. The van der Waals surface area contributed by atoms with Gasteiger partial charge in [-0.2, -0.15) is 0 Å². The summed E-state index contributed by atoms with van der Waals surface area (Å²) in [4.78, 5) is 21.2. The minimum absolute atomic E-state index is 0.0542. The molecule has 1 unspecified atom stereocenters. The van der Waals surface area contributed by atoms with Crippen molar-refractivity contribution >= 4 is 17.5 Å². The lowest BCUT2D eigenvalue weighted by Gasteiger charge is -2.13. The van der Waals surface area contributed by atoms with E-state index in [0.717, 1.165) is 23.6 Å². The van der Waals surface area contributed by atoms with E-state index in [-0.39, 0.29) is 12.3 Å². The SMILES string of the molecule is CC(CC(=O)O)C/C(=C\CC/C=C/C(=O)O)c1ccccc1. The number of rotatable bonds is 9. The van der Waals surface area contributed by atoms with Crippen molar-refractivity contribution in [3.8, 4) is 0 Å². The van der Waals surface area contributed by atoms with Crippen molar-refractivity contribution in [1.29, 1.82) is 0 Å². The molecule has 0 aromatic heterocycles. The number of allylic oxidation sites excluding steroid dienone is 3. The Hall–Kier alpha value is -2.36. The van der Waals surface area contributed by atoms with Gasteiger partial charge in [-0.25, -0.2) is 4.79 Å². The summed E-state index contributed by atoms with van der Waals surface area (Å²) < 4.78 is 0. The number of hydrogen-bond acceptors (Lipinski definition) is 2. The summed E-state index contributed by atoms with van der Waals surface area (Å²) >= 11 is 0. The molecule has 0 saturated carbocycles. The molecule has 0 saturated heterocycles. The highest BCUT2D eigenvalue weighted by Gasteiger charge is 2.11. The number of carbonyl (C=O) groups is 2. The molecule has 1 aromatic rings. The first-order chi connectivity index (χ1) is 10.5. The first-order valence-electron chi connectivity index (χ1n) is 7.34. The van der Waals surface area contributed by atoms with Crippen LogP contribution in [0.4, 0.5) is 0 Å². The molecule has 0 radical (unpaired) electrons. The Morgan fingerprint density at radius 1 is 1.09 bits per heavy atom. The summed E-state index contributed by atoms with van der Waals surface area (Å²) in [5, 5.41) is 17.4. The van der Waals surface area contributed by atoms with Gasteiger partial charge in [0.25, 0.3) is 0 Å². The van der Waals surface area contributed by atoms with Gasteiger partial charge in [-0.05, 0) is 36.3 Å². The monoisotopic (exact) mass is 302 g/mol. The van der Waals surface area contributed by atoms with Gasteiger partial charge in [0, 0.05) is 12.5 Å². The molecule has 118 valence electrons. The lowest BCUT2D eigenvalue weighted by Crippen LogP contribution is -2.05. The van der Waals surface area contributed by atoms with Crippen LogP contribution in [0.1, 0.15) is 38.2 Å². The molecule has 22 heavy (non-hydrogen) atoms. The molecule has 1 atom stereocenters. The largest absolute Gasteiger partial charge is 0.481 e. The third-order valence-corrected chi connectivity index (χ3v) is 3.22. The van der Waals surface area contributed by atoms with Crippen LogP contribution in [0.25, 0.3) is 5.57 Å². The van der Waals surface area contributed by atoms with Gasteiger partial charge in [0.1, 0.15) is 0 Å². The highest BCUT2D eigenvalue weighted by atomic mass is 16.4. The van der Waals surface area contributed by atoms with Crippen LogP contribution in [-0.2, 0) is 9.59 Å². The predicted molar refractivity (Wildman–Crippen MR) is 86.5 cm³/mol. The Bertz CT molecular complexity index is 543. The molecule has 0 amide bonds. The van der Waals surface area contributed by atoms with Crippen molar-refractivity contribution in [3.63, 3.8) is 0 Å². The van der Waals surface area contributed by atoms with E-state index >= 15 is 0 Å². The Kier molecular flexibility index (Phi) is 7.68. The van der Waals surface area contributed by atoms with Crippen LogP contribution in [0.3, 0.4) is 0 Å². The summed E-state index contributed by atoms with van der Waals surface area (Å²) in [7, 11) is 0. The van der Waals surface area contributed by atoms with Crippen molar-refractivity contribution in [2.24, 2.45) is 5.92 Å². The normalized spacial score (nSPS) is 13.2. The predicted octanol–water partition coefficient (Wildman–Crippen LogP) is 3.99. The summed E-state index contributed by atoms with van der Waals surface area (Å²) in [6, 6.07) is 9.86. The van der Waals surface area contributed by atoms with Crippen LogP contribution in [0.2, 0.25) is 0 Å². The fourth-order valence-corrected chi connectivity index (χ4v) is 2.25. The van der Waals surface area contributed by atoms with E-state index in [9.17, 15) is 9.59 Å². The van der Waals surface area contributed by atoms with Gasteiger partial charge < -0.3 is 10.2 Å². The van der Waals surface area contributed by atoms with Gasteiger partial charge in [0.2, 0.25) is 0 Å². The number of aliphatic carboxylic acids is 2. The highest BCUT2D eigenvalue weighted by Crippen LogP contribution is 2.25. The highest BCUT2D eigenvalue weighted by molar-refractivity contribution is 5.79. The van der Waals surface area contributed by atoms with Crippen LogP contribution in [0, 0.1) is 5.92 Å². The van der Waals surface area contributed by atoms with Crippen LogP contribution in [-0.4, -0.2) is 22.2 Å². The number of unbranched alkanes of at least 4 members (excludes halogenated alkanes) is 1. The van der Waals surface area contributed by atoms with E-state index in [4.69, 9.17) is 10.2 Å². The fraction of sp³-hybridized carbons (Fsp3) is 0.333. The average Bonchev–Trinajstić information content (AvgIpc) is 2.45. The van der Waals surface area contributed by atoms with Gasteiger partial charge >= 0.3 is 11.9 Å². The molecular weight excluding hydrogens is 280 g/mol. The zero-order valence-corrected chi connectivity index (χ0v) is 12.7. The van der Waals surface area contributed by atoms with Crippen molar-refractivity contribution in [3.05, 3.63) is 54.1 Å². The fourth-order valence-electron chi connectivity index (χ4n) is 2.25. The Morgan fingerprint density at radius 3 is 2.36 bits per heavy atom. The lowest BCUT2D eigenvalue weighted by molar-refractivity contribution is -0.138. The van der Waals surface area contributed by atoms with E-state index in [1.54, 1.807) is 6.08 Å². The van der Waals surface area contributed by atoms with Gasteiger partial charge in [-0.3, -0.25) is 4.79 Å². The van der Waals surface area contributed by atoms with E-state index in [1.807, 2.05) is 37.3 Å². The smallest absolute Gasteiger partial charge is 0.327 e. The van der Waals surface area contributed by atoms with Crippen LogP contribution >= 0.6 is 0 Å². The molecule has 0 aliphatic rings. The molecule has 1 rings (SSSR count). The van der Waals surface area contributed by atoms with Crippen LogP contribution in [0.5, 0.6) is 0 Å². The average molecular weight is 302 g/mol. The maximum absolute atomic E-state index is 10.8. The molecule has 0 spiro atoms. The summed E-state index contributed by atoms with van der Waals surface area (Å²) in [6.45, 7) is 1.93. The molecule has 0 aliphatic heterocycles. The minimum atomic E-state index is -0.942. The topological polar surface area (TPSA) is 74.6 Å². The molecule has 0 heterocycles. The van der Waals surface area contributed by atoms with Crippen LogP contribution < -0.4 is 0 Å². The molecule has 4 heteroatoms. The quantitative estimate of drug-likeness (QED) is 0.534. The second-order valence-corrected chi connectivity index (χ2v) is 5.32. The van der Waals surface area contributed by atoms with Gasteiger partial charge in [-0.15, -0.1) is 0 Å². The van der Waals surface area contributed by atoms with E-state index in [2.05, 4.69) is 6.08 Å². The molecule has 1 aromatic carbocycles. The van der Waals surface area contributed by atoms with Crippen molar-refractivity contribution in [2.75, 3.05) is 0 Å². The second-order valence-electron chi connectivity index (χ2n) is 5.32. The number of benzene rings is 1. The molecule has 2 N–H and O–H groups in total. The van der Waals surface area contributed by atoms with Crippen molar-refractivity contribution in [1.82, 2.24) is 0 Å². The minimum Gasteiger partial charge on any atom is -0.481 e. The molecule has 0 aliphatic carbocycles. The van der Waals surface area contributed by atoms with Gasteiger partial charge in [0.15, 0.2) is 0 Å². The lowest BCUT2D eigenvalue weighted by atomic mass is 9.92. The third-order valence-electron chi connectivity index (χ3n) is 3.22. The first-order valence-corrected chi connectivity index (χ1v) is 7.34. The number of carboxylic acid groups (broad SMARTS) is 2. The van der Waals surface area contributed by atoms with E-state index < -0.39 is 11.9 Å². The van der Waals surface area contributed by atoms with E-state index in [1.165, 1.54) is 0 Å². The van der Waals surface area contributed by atoms with Gasteiger partial charge in [-0.1, -0.05) is 49.4 Å². The number of hydrogen-bond donors (Lipinski definition) is 2. The summed E-state index contributed by atoms with van der Waals surface area (Å²) in [6.07, 6.45) is 7.05. The summed E-state index contributed by atoms with van der Waals surface area (Å²) in [5.74, 6) is -1.68. The second kappa shape index (κ2) is 9.55. The molecule has 0 fully saturated rings. The maximum atomic E-state index is 10.8. The number of carboxylic acids is 2. The van der Waals surface area contributed by atoms with Gasteiger partial charge in [0.05, 0.1) is 0 Å². The van der Waals surface area contributed by atoms with Crippen LogP contribution in [0.15, 0.2) is 48.6 Å². The zero-order chi connectivity index (χ0) is 16.4. The standard InChI is InChI=1S/C18H22O4/c1-14(13-18(21)22)12-16(15-8-4-2-5-9-15)10-6-3-7-11-17(19)20/h2,4-5,7-11,14H,3,6,12-13H2,1H3,(H,19,20)(H,21,22)/b11-7+,16-10+. The zero-order valence-electron chi connectivity index (χ0n) is 12.7. The Morgan fingerprint density at radius 2 is 1.77 bits per heavy atom. The maximum Gasteiger partial charge on any atom is 0.327 e. The summed E-state index contributed by atoms with van der Waals surface area (Å²) in [5.41, 5.74) is 2.19. The van der Waals surface area contributed by atoms with E-state index in [0.29, 0.717) is 12.8 Å². The third kappa shape index (κ3) is 7.43. The first kappa shape index (κ1) is 17.7. The Labute approximate surface area is 130 Å².